The molecule has 142 valence electrons. The molecule has 2 aromatic carbocycles. The Labute approximate surface area is 164 Å². The van der Waals surface area contributed by atoms with Gasteiger partial charge in [-0.3, -0.25) is 9.59 Å². The third-order valence-electron chi connectivity index (χ3n) is 4.92. The van der Waals surface area contributed by atoms with Crippen LogP contribution in [-0.2, 0) is 9.59 Å². The first-order valence-electron chi connectivity index (χ1n) is 9.06. The van der Waals surface area contributed by atoms with Gasteiger partial charge in [0.25, 0.3) is 0 Å². The van der Waals surface area contributed by atoms with Crippen molar-refractivity contribution >= 4 is 34.8 Å². The molecular formula is C21H23ClN2O3. The maximum absolute atomic E-state index is 12.5. The Morgan fingerprint density at radius 3 is 2.00 bits per heavy atom. The van der Waals surface area contributed by atoms with Gasteiger partial charge in [0.15, 0.2) is 0 Å². The number of hydrogen-bond donors (Lipinski definition) is 2. The van der Waals surface area contributed by atoms with E-state index in [1.165, 1.54) is 0 Å². The van der Waals surface area contributed by atoms with Crippen LogP contribution in [0.25, 0.3) is 0 Å². The third-order valence-corrected chi connectivity index (χ3v) is 5.17. The number of rotatable bonds is 5. The number of carbonyl (C=O) groups is 2. The summed E-state index contributed by atoms with van der Waals surface area (Å²) in [5, 5.41) is 6.50. The molecule has 3 rings (SSSR count). The lowest BCUT2D eigenvalue weighted by atomic mass is 9.81. The minimum atomic E-state index is -0.0733. The molecule has 0 radical (unpaired) electrons. The van der Waals surface area contributed by atoms with E-state index in [1.54, 1.807) is 37.4 Å². The molecule has 2 aromatic rings. The molecule has 2 N–H and O–H groups in total. The highest BCUT2D eigenvalue weighted by molar-refractivity contribution is 6.30. The van der Waals surface area contributed by atoms with Crippen LogP contribution in [0.15, 0.2) is 48.5 Å². The van der Waals surface area contributed by atoms with Crippen molar-refractivity contribution in [3.63, 3.8) is 0 Å². The molecular weight excluding hydrogens is 364 g/mol. The largest absolute Gasteiger partial charge is 0.497 e. The van der Waals surface area contributed by atoms with E-state index in [4.69, 9.17) is 16.3 Å². The lowest BCUT2D eigenvalue weighted by molar-refractivity contribution is -0.125. The molecule has 0 atom stereocenters. The summed E-state index contributed by atoms with van der Waals surface area (Å²) < 4.78 is 5.17. The van der Waals surface area contributed by atoms with Crippen molar-refractivity contribution in [3.8, 4) is 5.75 Å². The van der Waals surface area contributed by atoms with Crippen molar-refractivity contribution in [2.75, 3.05) is 17.7 Å². The second-order valence-electron chi connectivity index (χ2n) is 6.77. The Balaban J connectivity index is 1.49. The number of ether oxygens (including phenoxy) is 1. The smallest absolute Gasteiger partial charge is 0.227 e. The van der Waals surface area contributed by atoms with Crippen LogP contribution < -0.4 is 15.4 Å². The zero-order chi connectivity index (χ0) is 19.2. The summed E-state index contributed by atoms with van der Waals surface area (Å²) in [5.74, 6) is 0.566. The molecule has 2 amide bonds. The summed E-state index contributed by atoms with van der Waals surface area (Å²) >= 11 is 5.86. The first-order chi connectivity index (χ1) is 13.0. The summed E-state index contributed by atoms with van der Waals surface area (Å²) in [6.45, 7) is 0. The highest BCUT2D eigenvalue weighted by Gasteiger charge is 2.30. The van der Waals surface area contributed by atoms with Crippen molar-refractivity contribution in [1.29, 1.82) is 0 Å². The first-order valence-corrected chi connectivity index (χ1v) is 9.44. The normalized spacial score (nSPS) is 19.2. The highest BCUT2D eigenvalue weighted by Crippen LogP contribution is 2.31. The van der Waals surface area contributed by atoms with Gasteiger partial charge in [-0.1, -0.05) is 17.7 Å². The molecule has 0 saturated heterocycles. The fourth-order valence-electron chi connectivity index (χ4n) is 3.34. The Bertz CT molecular complexity index is 799. The maximum atomic E-state index is 12.5. The number of anilines is 2. The third kappa shape index (κ3) is 5.23. The van der Waals surface area contributed by atoms with Crippen molar-refractivity contribution < 1.29 is 14.3 Å². The van der Waals surface area contributed by atoms with Crippen molar-refractivity contribution in [3.05, 3.63) is 53.6 Å². The van der Waals surface area contributed by atoms with Gasteiger partial charge in [-0.05, 0) is 62.1 Å². The Hall–Kier alpha value is -2.53. The fourth-order valence-corrected chi connectivity index (χ4v) is 3.47. The fraction of sp³-hybridized carbons (Fsp3) is 0.333. The van der Waals surface area contributed by atoms with Gasteiger partial charge < -0.3 is 15.4 Å². The van der Waals surface area contributed by atoms with Crippen LogP contribution >= 0.6 is 11.6 Å². The van der Waals surface area contributed by atoms with E-state index < -0.39 is 0 Å². The molecule has 1 aliphatic rings. The molecule has 27 heavy (non-hydrogen) atoms. The van der Waals surface area contributed by atoms with E-state index in [2.05, 4.69) is 10.6 Å². The number of methoxy groups -OCH3 is 1. The van der Waals surface area contributed by atoms with E-state index in [0.29, 0.717) is 36.5 Å². The minimum Gasteiger partial charge on any atom is -0.497 e. The van der Waals surface area contributed by atoms with Crippen LogP contribution in [-0.4, -0.2) is 18.9 Å². The van der Waals surface area contributed by atoms with Gasteiger partial charge in [0.05, 0.1) is 7.11 Å². The number of nitrogens with one attached hydrogen (secondary N) is 2. The predicted molar refractivity (Wildman–Crippen MR) is 107 cm³/mol. The number of amides is 2. The Morgan fingerprint density at radius 2 is 1.44 bits per heavy atom. The van der Waals surface area contributed by atoms with Gasteiger partial charge in [-0.15, -0.1) is 0 Å². The minimum absolute atomic E-state index is 0.000174. The second kappa shape index (κ2) is 8.91. The molecule has 0 aliphatic heterocycles. The van der Waals surface area contributed by atoms with E-state index in [-0.39, 0.29) is 23.7 Å². The number of carbonyl (C=O) groups excluding carboxylic acids is 2. The van der Waals surface area contributed by atoms with E-state index >= 15 is 0 Å². The second-order valence-corrected chi connectivity index (χ2v) is 7.20. The zero-order valence-electron chi connectivity index (χ0n) is 15.2. The Morgan fingerprint density at radius 1 is 0.889 bits per heavy atom. The van der Waals surface area contributed by atoms with E-state index in [1.807, 2.05) is 18.2 Å². The van der Waals surface area contributed by atoms with Crippen LogP contribution in [0.4, 0.5) is 11.4 Å². The lowest BCUT2D eigenvalue weighted by Crippen LogP contribution is -2.32. The maximum Gasteiger partial charge on any atom is 0.227 e. The molecule has 5 nitrogen and oxygen atoms in total. The van der Waals surface area contributed by atoms with E-state index in [9.17, 15) is 9.59 Å². The van der Waals surface area contributed by atoms with Gasteiger partial charge in [0, 0.05) is 34.3 Å². The summed E-state index contributed by atoms with van der Waals surface area (Å²) in [7, 11) is 1.59. The average Bonchev–Trinajstić information content (AvgIpc) is 2.70. The number of hydrogen-bond acceptors (Lipinski definition) is 3. The van der Waals surface area contributed by atoms with Gasteiger partial charge >= 0.3 is 0 Å². The summed E-state index contributed by atoms with van der Waals surface area (Å²) in [5.41, 5.74) is 1.46. The monoisotopic (exact) mass is 386 g/mol. The zero-order valence-corrected chi connectivity index (χ0v) is 16.0. The van der Waals surface area contributed by atoms with Gasteiger partial charge in [0.2, 0.25) is 11.8 Å². The molecule has 0 heterocycles. The van der Waals surface area contributed by atoms with Gasteiger partial charge in [-0.2, -0.15) is 0 Å². The molecule has 0 aromatic heterocycles. The topological polar surface area (TPSA) is 67.4 Å². The SMILES string of the molecule is COc1cccc(NC(=O)C2CCC(C(=O)Nc3ccc(Cl)cc3)CC2)c1. The summed E-state index contributed by atoms with van der Waals surface area (Å²) in [6, 6.07) is 14.4. The van der Waals surface area contributed by atoms with Crippen molar-refractivity contribution in [1.82, 2.24) is 0 Å². The summed E-state index contributed by atoms with van der Waals surface area (Å²) in [6.07, 6.45) is 2.81. The van der Waals surface area contributed by atoms with Gasteiger partial charge in [-0.25, -0.2) is 0 Å². The standard InChI is InChI=1S/C21H23ClN2O3/c1-27-19-4-2-3-18(13-19)24-21(26)15-7-5-14(6-8-15)20(25)23-17-11-9-16(22)10-12-17/h2-4,9-15H,5-8H2,1H3,(H,23,25)(H,24,26). The van der Waals surface area contributed by atoms with Crippen molar-refractivity contribution in [2.45, 2.75) is 25.7 Å². The number of benzene rings is 2. The van der Waals surface area contributed by atoms with Gasteiger partial charge in [0.1, 0.15) is 5.75 Å². The molecule has 0 unspecified atom stereocenters. The lowest BCUT2D eigenvalue weighted by Gasteiger charge is -2.27. The number of halogens is 1. The average molecular weight is 387 g/mol. The molecule has 6 heteroatoms. The quantitative estimate of drug-likeness (QED) is 0.780. The first kappa shape index (κ1) is 19.2. The molecule has 1 saturated carbocycles. The summed E-state index contributed by atoms with van der Waals surface area (Å²) in [4.78, 5) is 24.9. The van der Waals surface area contributed by atoms with Crippen LogP contribution in [0, 0.1) is 11.8 Å². The van der Waals surface area contributed by atoms with Crippen LogP contribution in [0.1, 0.15) is 25.7 Å². The Kier molecular flexibility index (Phi) is 6.35. The predicted octanol–water partition coefficient (Wildman–Crippen LogP) is 4.73. The highest BCUT2D eigenvalue weighted by atomic mass is 35.5. The van der Waals surface area contributed by atoms with Crippen LogP contribution in [0.3, 0.4) is 0 Å². The van der Waals surface area contributed by atoms with E-state index in [0.717, 1.165) is 11.4 Å². The molecule has 1 aliphatic carbocycles. The van der Waals surface area contributed by atoms with Crippen molar-refractivity contribution in [2.24, 2.45) is 11.8 Å². The van der Waals surface area contributed by atoms with Crippen LogP contribution in [0.2, 0.25) is 5.02 Å². The molecule has 0 bridgehead atoms. The van der Waals surface area contributed by atoms with Crippen LogP contribution in [0.5, 0.6) is 5.75 Å². The molecule has 1 fully saturated rings. The molecule has 0 spiro atoms.